The molecule has 1 saturated heterocycles. The summed E-state index contributed by atoms with van der Waals surface area (Å²) in [4.78, 5) is 7.78. The summed E-state index contributed by atoms with van der Waals surface area (Å²) in [5.74, 6) is 0.473. The summed E-state index contributed by atoms with van der Waals surface area (Å²) in [5, 5.41) is 10.7. The lowest BCUT2D eigenvalue weighted by atomic mass is 10.3. The zero-order valence-electron chi connectivity index (χ0n) is 11.3. The molecule has 3 heterocycles. The average Bonchev–Trinajstić information content (AvgIpc) is 3.06. The van der Waals surface area contributed by atoms with Crippen molar-refractivity contribution in [2.24, 2.45) is 0 Å². The first-order valence-electron chi connectivity index (χ1n) is 6.41. The van der Waals surface area contributed by atoms with Gasteiger partial charge in [-0.25, -0.2) is 9.97 Å². The smallest absolute Gasteiger partial charge is 0.186 e. The van der Waals surface area contributed by atoms with Crippen LogP contribution in [-0.4, -0.2) is 33.3 Å². The molecule has 2 aromatic heterocycles. The first-order chi connectivity index (χ1) is 8.79. The Bertz CT molecular complexity index is 453. The molecular weight excluding hydrogens is 228 g/mol. The zero-order chi connectivity index (χ0) is 13.4. The lowest BCUT2D eigenvalue weighted by molar-refractivity contribution is 0.857. The molecule has 1 aliphatic heterocycles. The van der Waals surface area contributed by atoms with E-state index in [2.05, 4.69) is 25.5 Å². The molecule has 6 nitrogen and oxygen atoms in total. The fraction of sp³-hybridized carbons (Fsp3) is 0.583. The second kappa shape index (κ2) is 7.60. The Morgan fingerprint density at radius 1 is 1.17 bits per heavy atom. The third-order valence-corrected chi connectivity index (χ3v) is 2.52. The SMILES string of the molecule is C1CCNC1.CC.Cc1[nH]nc2ncnc(N)c12. The number of anilines is 1. The van der Waals surface area contributed by atoms with Crippen molar-refractivity contribution >= 4 is 16.9 Å². The molecule has 1 fully saturated rings. The van der Waals surface area contributed by atoms with Crippen LogP contribution in [0.15, 0.2) is 6.33 Å². The Balaban J connectivity index is 0.000000195. The molecule has 4 N–H and O–H groups in total. The summed E-state index contributed by atoms with van der Waals surface area (Å²) < 4.78 is 0. The van der Waals surface area contributed by atoms with Gasteiger partial charge in [0.25, 0.3) is 0 Å². The quantitative estimate of drug-likeness (QED) is 0.661. The van der Waals surface area contributed by atoms with Crippen molar-refractivity contribution in [1.29, 1.82) is 0 Å². The van der Waals surface area contributed by atoms with Crippen molar-refractivity contribution in [3.05, 3.63) is 12.0 Å². The van der Waals surface area contributed by atoms with Crippen molar-refractivity contribution in [2.45, 2.75) is 33.6 Å². The molecule has 18 heavy (non-hydrogen) atoms. The third-order valence-electron chi connectivity index (χ3n) is 2.52. The fourth-order valence-corrected chi connectivity index (χ4v) is 1.65. The summed E-state index contributed by atoms with van der Waals surface area (Å²) in [5.41, 5.74) is 7.11. The van der Waals surface area contributed by atoms with Gasteiger partial charge < -0.3 is 11.1 Å². The van der Waals surface area contributed by atoms with Gasteiger partial charge in [-0.2, -0.15) is 5.10 Å². The van der Waals surface area contributed by atoms with Gasteiger partial charge in [-0.3, -0.25) is 5.10 Å². The van der Waals surface area contributed by atoms with Gasteiger partial charge in [-0.1, -0.05) is 13.8 Å². The molecule has 0 amide bonds. The van der Waals surface area contributed by atoms with E-state index in [0.717, 1.165) is 11.1 Å². The first-order valence-corrected chi connectivity index (χ1v) is 6.41. The summed E-state index contributed by atoms with van der Waals surface area (Å²) in [7, 11) is 0. The fourth-order valence-electron chi connectivity index (χ4n) is 1.65. The predicted octanol–water partition coefficient (Wildman–Crippen LogP) is 1.64. The Labute approximate surface area is 107 Å². The van der Waals surface area contributed by atoms with E-state index >= 15 is 0 Å². The van der Waals surface area contributed by atoms with E-state index in [4.69, 9.17) is 5.73 Å². The van der Waals surface area contributed by atoms with Crippen LogP contribution in [0.5, 0.6) is 0 Å². The van der Waals surface area contributed by atoms with E-state index in [1.807, 2.05) is 20.8 Å². The standard InChI is InChI=1S/C6H7N5.C4H9N.C2H6/c1-3-4-5(7)8-2-9-6(4)11-10-3;1-2-4-5-3-1;1-2/h2H,1H3,(H3,7,8,9,10,11);5H,1-4H2;1-2H3. The maximum Gasteiger partial charge on any atom is 0.186 e. The molecule has 0 aromatic carbocycles. The first kappa shape index (κ1) is 14.4. The van der Waals surface area contributed by atoms with E-state index in [1.165, 1.54) is 32.3 Å². The number of nitrogens with zero attached hydrogens (tertiary/aromatic N) is 3. The Morgan fingerprint density at radius 3 is 2.33 bits per heavy atom. The number of rotatable bonds is 0. The van der Waals surface area contributed by atoms with Crippen molar-refractivity contribution in [3.8, 4) is 0 Å². The number of hydrogen-bond donors (Lipinski definition) is 3. The molecule has 0 spiro atoms. The van der Waals surface area contributed by atoms with Crippen molar-refractivity contribution in [2.75, 3.05) is 18.8 Å². The predicted molar refractivity (Wildman–Crippen MR) is 74.3 cm³/mol. The van der Waals surface area contributed by atoms with Crippen LogP contribution in [0.4, 0.5) is 5.82 Å². The molecule has 0 saturated carbocycles. The summed E-state index contributed by atoms with van der Waals surface area (Å²) >= 11 is 0. The van der Waals surface area contributed by atoms with Gasteiger partial charge in [0.15, 0.2) is 5.65 Å². The van der Waals surface area contributed by atoms with E-state index < -0.39 is 0 Å². The van der Waals surface area contributed by atoms with Gasteiger partial charge in [-0.15, -0.1) is 0 Å². The van der Waals surface area contributed by atoms with Crippen molar-refractivity contribution < 1.29 is 0 Å². The van der Waals surface area contributed by atoms with Gasteiger partial charge in [-0.05, 0) is 32.9 Å². The zero-order valence-corrected chi connectivity index (χ0v) is 11.3. The molecule has 0 bridgehead atoms. The molecule has 3 rings (SSSR count). The largest absolute Gasteiger partial charge is 0.383 e. The minimum Gasteiger partial charge on any atom is -0.383 e. The number of H-pyrrole nitrogens is 1. The highest BCUT2D eigenvalue weighted by Gasteiger charge is 2.05. The van der Waals surface area contributed by atoms with E-state index in [0.29, 0.717) is 11.5 Å². The molecule has 0 unspecified atom stereocenters. The topological polar surface area (TPSA) is 92.5 Å². The van der Waals surface area contributed by atoms with Crippen LogP contribution < -0.4 is 11.1 Å². The average molecular weight is 250 g/mol. The number of nitrogen functional groups attached to an aromatic ring is 1. The normalized spacial score (nSPS) is 13.5. The molecule has 6 heteroatoms. The van der Waals surface area contributed by atoms with Gasteiger partial charge in [0.2, 0.25) is 0 Å². The third kappa shape index (κ3) is 3.66. The monoisotopic (exact) mass is 250 g/mol. The molecule has 0 atom stereocenters. The molecular formula is C12H22N6. The Kier molecular flexibility index (Phi) is 6.07. The Hall–Kier alpha value is -1.69. The minimum absolute atomic E-state index is 0.473. The van der Waals surface area contributed by atoms with E-state index in [9.17, 15) is 0 Å². The van der Waals surface area contributed by atoms with Crippen LogP contribution in [0, 0.1) is 6.92 Å². The highest BCUT2D eigenvalue weighted by Crippen LogP contribution is 2.16. The highest BCUT2D eigenvalue weighted by molar-refractivity contribution is 5.87. The van der Waals surface area contributed by atoms with Crippen LogP contribution in [0.25, 0.3) is 11.0 Å². The summed E-state index contributed by atoms with van der Waals surface area (Å²) in [6, 6.07) is 0. The molecule has 100 valence electrons. The maximum atomic E-state index is 5.59. The van der Waals surface area contributed by atoms with Crippen LogP contribution in [0.1, 0.15) is 32.4 Å². The molecule has 2 aromatic rings. The van der Waals surface area contributed by atoms with Crippen LogP contribution in [0.3, 0.4) is 0 Å². The molecule has 0 aliphatic carbocycles. The summed E-state index contributed by atoms with van der Waals surface area (Å²) in [6.07, 6.45) is 4.18. The van der Waals surface area contributed by atoms with Crippen LogP contribution in [0.2, 0.25) is 0 Å². The number of fused-ring (bicyclic) bond motifs is 1. The second-order valence-corrected chi connectivity index (χ2v) is 3.76. The van der Waals surface area contributed by atoms with Gasteiger partial charge in [0, 0.05) is 5.69 Å². The van der Waals surface area contributed by atoms with Crippen molar-refractivity contribution in [3.63, 3.8) is 0 Å². The number of nitrogens with two attached hydrogens (primary N) is 1. The van der Waals surface area contributed by atoms with E-state index in [-0.39, 0.29) is 0 Å². The number of aromatic amines is 1. The van der Waals surface area contributed by atoms with Gasteiger partial charge in [0.05, 0.1) is 5.39 Å². The lowest BCUT2D eigenvalue weighted by Crippen LogP contribution is -2.03. The lowest BCUT2D eigenvalue weighted by Gasteiger charge is -1.91. The number of nitrogens with one attached hydrogen (secondary N) is 2. The maximum absolute atomic E-state index is 5.59. The highest BCUT2D eigenvalue weighted by atomic mass is 15.2. The van der Waals surface area contributed by atoms with Crippen LogP contribution in [-0.2, 0) is 0 Å². The van der Waals surface area contributed by atoms with E-state index in [1.54, 1.807) is 0 Å². The molecule has 1 aliphatic rings. The van der Waals surface area contributed by atoms with Crippen molar-refractivity contribution in [1.82, 2.24) is 25.5 Å². The van der Waals surface area contributed by atoms with Gasteiger partial charge in [0.1, 0.15) is 12.1 Å². The molecule has 0 radical (unpaired) electrons. The Morgan fingerprint density at radius 2 is 1.83 bits per heavy atom. The van der Waals surface area contributed by atoms with Crippen LogP contribution >= 0.6 is 0 Å². The second-order valence-electron chi connectivity index (χ2n) is 3.76. The number of aromatic nitrogens is 4. The minimum atomic E-state index is 0.473. The van der Waals surface area contributed by atoms with Gasteiger partial charge >= 0.3 is 0 Å². The summed E-state index contributed by atoms with van der Waals surface area (Å²) in [6.45, 7) is 8.38. The number of aryl methyl sites for hydroxylation is 1. The number of hydrogen-bond acceptors (Lipinski definition) is 5.